The van der Waals surface area contributed by atoms with Crippen molar-refractivity contribution in [2.24, 2.45) is 0 Å². The fourth-order valence-corrected chi connectivity index (χ4v) is 4.08. The SMILES string of the molecule is CCCNC(Cc1nc(C)cs1)c1sccc1CC. The fraction of sp³-hybridized carbons (Fsp3) is 0.533. The summed E-state index contributed by atoms with van der Waals surface area (Å²) in [5.74, 6) is 0. The van der Waals surface area contributed by atoms with Crippen molar-refractivity contribution in [1.82, 2.24) is 10.3 Å². The number of aromatic nitrogens is 1. The van der Waals surface area contributed by atoms with Gasteiger partial charge in [0, 0.05) is 28.4 Å². The molecule has 1 atom stereocenters. The van der Waals surface area contributed by atoms with Crippen molar-refractivity contribution >= 4 is 22.7 Å². The van der Waals surface area contributed by atoms with Crippen LogP contribution in [0.3, 0.4) is 0 Å². The minimum atomic E-state index is 0.417. The summed E-state index contributed by atoms with van der Waals surface area (Å²) in [5.41, 5.74) is 2.61. The van der Waals surface area contributed by atoms with E-state index in [9.17, 15) is 0 Å². The highest BCUT2D eigenvalue weighted by atomic mass is 32.1. The minimum Gasteiger partial charge on any atom is -0.309 e. The normalized spacial score (nSPS) is 12.8. The summed E-state index contributed by atoms with van der Waals surface area (Å²) in [7, 11) is 0. The van der Waals surface area contributed by atoms with Crippen molar-refractivity contribution in [2.45, 2.75) is 46.1 Å². The van der Waals surface area contributed by atoms with Crippen molar-refractivity contribution in [3.05, 3.63) is 38.0 Å². The molecule has 0 fully saturated rings. The maximum Gasteiger partial charge on any atom is 0.0947 e. The monoisotopic (exact) mass is 294 g/mol. The van der Waals surface area contributed by atoms with Gasteiger partial charge in [-0.3, -0.25) is 0 Å². The Morgan fingerprint density at radius 2 is 2.16 bits per heavy atom. The number of hydrogen-bond acceptors (Lipinski definition) is 4. The lowest BCUT2D eigenvalue weighted by Gasteiger charge is -2.17. The highest BCUT2D eigenvalue weighted by Gasteiger charge is 2.17. The molecule has 2 rings (SSSR count). The van der Waals surface area contributed by atoms with Gasteiger partial charge in [0.2, 0.25) is 0 Å². The maximum absolute atomic E-state index is 4.61. The number of nitrogens with one attached hydrogen (secondary N) is 1. The van der Waals surface area contributed by atoms with Crippen LogP contribution in [0.4, 0.5) is 0 Å². The second-order valence-corrected chi connectivity index (χ2v) is 6.65. The molecule has 0 spiro atoms. The number of nitrogens with zero attached hydrogens (tertiary/aromatic N) is 1. The first-order valence-corrected chi connectivity index (χ1v) is 8.71. The molecule has 2 heterocycles. The van der Waals surface area contributed by atoms with Gasteiger partial charge in [0.05, 0.1) is 5.01 Å². The van der Waals surface area contributed by atoms with E-state index in [2.05, 4.69) is 47.9 Å². The van der Waals surface area contributed by atoms with Crippen molar-refractivity contribution < 1.29 is 0 Å². The summed E-state index contributed by atoms with van der Waals surface area (Å²) in [6.07, 6.45) is 3.28. The van der Waals surface area contributed by atoms with E-state index >= 15 is 0 Å². The topological polar surface area (TPSA) is 24.9 Å². The number of thiophene rings is 1. The lowest BCUT2D eigenvalue weighted by Crippen LogP contribution is -2.24. The van der Waals surface area contributed by atoms with Crippen molar-refractivity contribution in [1.29, 1.82) is 0 Å². The third-order valence-electron chi connectivity index (χ3n) is 3.16. The molecule has 0 aliphatic carbocycles. The lowest BCUT2D eigenvalue weighted by molar-refractivity contribution is 0.532. The predicted octanol–water partition coefficient (Wildman–Crippen LogP) is 4.36. The minimum absolute atomic E-state index is 0.417. The average molecular weight is 294 g/mol. The number of aryl methyl sites for hydroxylation is 2. The average Bonchev–Trinajstić information content (AvgIpc) is 3.03. The van der Waals surface area contributed by atoms with Gasteiger partial charge in [-0.15, -0.1) is 22.7 Å². The van der Waals surface area contributed by atoms with Crippen LogP contribution in [0, 0.1) is 6.92 Å². The molecule has 2 aromatic rings. The Bertz CT molecular complexity index is 502. The molecule has 1 unspecified atom stereocenters. The molecule has 0 aliphatic rings. The lowest BCUT2D eigenvalue weighted by atomic mass is 10.1. The molecule has 0 aromatic carbocycles. The molecule has 0 saturated carbocycles. The first-order valence-electron chi connectivity index (χ1n) is 6.95. The quantitative estimate of drug-likeness (QED) is 0.820. The van der Waals surface area contributed by atoms with E-state index in [1.165, 1.54) is 21.9 Å². The van der Waals surface area contributed by atoms with Gasteiger partial charge in [-0.1, -0.05) is 13.8 Å². The Morgan fingerprint density at radius 1 is 1.32 bits per heavy atom. The summed E-state index contributed by atoms with van der Waals surface area (Å²) in [5, 5.41) is 9.27. The number of rotatable bonds is 7. The number of hydrogen-bond donors (Lipinski definition) is 1. The van der Waals surface area contributed by atoms with E-state index in [1.54, 1.807) is 11.3 Å². The van der Waals surface area contributed by atoms with Crippen LogP contribution in [-0.2, 0) is 12.8 Å². The van der Waals surface area contributed by atoms with E-state index < -0.39 is 0 Å². The Morgan fingerprint density at radius 3 is 2.79 bits per heavy atom. The molecule has 0 aliphatic heterocycles. The molecule has 2 nitrogen and oxygen atoms in total. The molecule has 0 saturated heterocycles. The molecule has 1 N–H and O–H groups in total. The highest BCUT2D eigenvalue weighted by molar-refractivity contribution is 7.10. The van der Waals surface area contributed by atoms with E-state index in [0.717, 1.165) is 25.1 Å². The van der Waals surface area contributed by atoms with Crippen LogP contribution in [0.25, 0.3) is 0 Å². The Kier molecular flexibility index (Phi) is 5.55. The summed E-state index contributed by atoms with van der Waals surface area (Å²) in [4.78, 5) is 6.10. The fourth-order valence-electron chi connectivity index (χ4n) is 2.19. The predicted molar refractivity (Wildman–Crippen MR) is 85.3 cm³/mol. The van der Waals surface area contributed by atoms with Gasteiger partial charge in [-0.05, 0) is 43.3 Å². The number of thiazole rings is 1. The zero-order valence-corrected chi connectivity index (χ0v) is 13.5. The Hall–Kier alpha value is -0.710. The van der Waals surface area contributed by atoms with Crippen LogP contribution < -0.4 is 5.32 Å². The van der Waals surface area contributed by atoms with Crippen LogP contribution in [0.5, 0.6) is 0 Å². The molecule has 0 bridgehead atoms. The van der Waals surface area contributed by atoms with Crippen LogP contribution in [-0.4, -0.2) is 11.5 Å². The van der Waals surface area contributed by atoms with Gasteiger partial charge >= 0.3 is 0 Å². The summed E-state index contributed by atoms with van der Waals surface area (Å²) >= 11 is 3.65. The van der Waals surface area contributed by atoms with Crippen molar-refractivity contribution in [3.63, 3.8) is 0 Å². The van der Waals surface area contributed by atoms with E-state index in [-0.39, 0.29) is 0 Å². The van der Waals surface area contributed by atoms with Crippen LogP contribution in [0.1, 0.15) is 47.5 Å². The van der Waals surface area contributed by atoms with Crippen molar-refractivity contribution in [2.75, 3.05) is 6.54 Å². The highest BCUT2D eigenvalue weighted by Crippen LogP contribution is 2.28. The molecular weight excluding hydrogens is 272 g/mol. The summed E-state index contributed by atoms with van der Waals surface area (Å²) < 4.78 is 0. The van der Waals surface area contributed by atoms with Gasteiger partial charge in [-0.2, -0.15) is 0 Å². The van der Waals surface area contributed by atoms with Crippen molar-refractivity contribution in [3.8, 4) is 0 Å². The Balaban J connectivity index is 2.15. The maximum atomic E-state index is 4.61. The van der Waals surface area contributed by atoms with Gasteiger partial charge in [0.1, 0.15) is 0 Å². The zero-order chi connectivity index (χ0) is 13.7. The second-order valence-electron chi connectivity index (χ2n) is 4.76. The van der Waals surface area contributed by atoms with E-state index in [0.29, 0.717) is 6.04 Å². The smallest absolute Gasteiger partial charge is 0.0947 e. The second kappa shape index (κ2) is 7.17. The van der Waals surface area contributed by atoms with Gasteiger partial charge < -0.3 is 5.32 Å². The third-order valence-corrected chi connectivity index (χ3v) is 5.23. The van der Waals surface area contributed by atoms with Crippen LogP contribution >= 0.6 is 22.7 Å². The molecule has 2 aromatic heterocycles. The summed E-state index contributed by atoms with van der Waals surface area (Å²) in [6.45, 7) is 7.58. The molecule has 4 heteroatoms. The van der Waals surface area contributed by atoms with Gasteiger partial charge in [-0.25, -0.2) is 4.98 Å². The molecule has 0 radical (unpaired) electrons. The molecular formula is C15H22N2S2. The first kappa shape index (κ1) is 14.7. The molecule has 104 valence electrons. The van der Waals surface area contributed by atoms with Gasteiger partial charge in [0.25, 0.3) is 0 Å². The molecule has 0 amide bonds. The standard InChI is InChI=1S/C15H22N2S2/c1-4-7-16-13(9-14-17-11(3)10-19-14)15-12(5-2)6-8-18-15/h6,8,10,13,16H,4-5,7,9H2,1-3H3. The zero-order valence-electron chi connectivity index (χ0n) is 11.9. The Labute approximate surface area is 123 Å². The summed E-state index contributed by atoms with van der Waals surface area (Å²) in [6, 6.07) is 2.67. The molecule has 19 heavy (non-hydrogen) atoms. The largest absolute Gasteiger partial charge is 0.309 e. The van der Waals surface area contributed by atoms with Gasteiger partial charge in [0.15, 0.2) is 0 Å². The van der Waals surface area contributed by atoms with Crippen LogP contribution in [0.15, 0.2) is 16.8 Å². The first-order chi connectivity index (χ1) is 9.24. The van der Waals surface area contributed by atoms with E-state index in [4.69, 9.17) is 0 Å². The van der Waals surface area contributed by atoms with E-state index in [1.807, 2.05) is 11.3 Å². The van der Waals surface area contributed by atoms with Crippen LogP contribution in [0.2, 0.25) is 0 Å². The third kappa shape index (κ3) is 3.88.